The van der Waals surface area contributed by atoms with Gasteiger partial charge in [-0.15, -0.1) is 11.3 Å². The van der Waals surface area contributed by atoms with Crippen LogP contribution in [0, 0.1) is 11.3 Å². The van der Waals surface area contributed by atoms with Gasteiger partial charge in [0.25, 0.3) is 0 Å². The van der Waals surface area contributed by atoms with E-state index in [0.717, 1.165) is 27.7 Å². The Morgan fingerprint density at radius 2 is 1.83 bits per heavy atom. The molecular formula is C23H16N4OS. The number of amides is 1. The Balaban J connectivity index is 1.61. The van der Waals surface area contributed by atoms with E-state index in [-0.39, 0.29) is 0 Å². The number of anilines is 1. The number of rotatable bonds is 5. The summed E-state index contributed by atoms with van der Waals surface area (Å²) in [6.45, 7) is 0. The van der Waals surface area contributed by atoms with Crippen molar-refractivity contribution in [3.63, 3.8) is 0 Å². The van der Waals surface area contributed by atoms with Gasteiger partial charge in [-0.1, -0.05) is 42.5 Å². The van der Waals surface area contributed by atoms with E-state index < -0.39 is 5.91 Å². The molecule has 0 fully saturated rings. The summed E-state index contributed by atoms with van der Waals surface area (Å²) >= 11 is 1.42. The third-order valence-electron chi connectivity index (χ3n) is 4.47. The summed E-state index contributed by atoms with van der Waals surface area (Å²) in [5.41, 5.74) is 8.73. The zero-order chi connectivity index (χ0) is 20.2. The maximum atomic E-state index is 11.2. The van der Waals surface area contributed by atoms with Crippen molar-refractivity contribution < 1.29 is 4.79 Å². The zero-order valence-corrected chi connectivity index (χ0v) is 16.1. The molecule has 0 atom stereocenters. The molecule has 3 N–H and O–H groups in total. The highest BCUT2D eigenvalue weighted by atomic mass is 32.1. The number of fused-ring (bicyclic) bond motifs is 1. The molecule has 0 aliphatic rings. The number of hydrogen-bond acceptors (Lipinski definition) is 5. The predicted molar refractivity (Wildman–Crippen MR) is 117 cm³/mol. The second-order valence-corrected chi connectivity index (χ2v) is 7.18. The van der Waals surface area contributed by atoms with Gasteiger partial charge in [-0.2, -0.15) is 5.26 Å². The Labute approximate surface area is 171 Å². The lowest BCUT2D eigenvalue weighted by molar-refractivity contribution is 0.100. The van der Waals surface area contributed by atoms with E-state index in [4.69, 9.17) is 5.73 Å². The minimum absolute atomic E-state index is 0.430. The summed E-state index contributed by atoms with van der Waals surface area (Å²) < 4.78 is 0. The van der Waals surface area contributed by atoms with Crippen LogP contribution in [-0.4, -0.2) is 10.9 Å². The summed E-state index contributed by atoms with van der Waals surface area (Å²) in [6, 6.07) is 23.2. The molecule has 0 saturated heterocycles. The van der Waals surface area contributed by atoms with Crippen molar-refractivity contribution in [1.29, 1.82) is 5.26 Å². The van der Waals surface area contributed by atoms with Crippen LogP contribution in [0.2, 0.25) is 0 Å². The van der Waals surface area contributed by atoms with Gasteiger partial charge in [0.2, 0.25) is 5.91 Å². The Bertz CT molecular complexity index is 1260. The average molecular weight is 396 g/mol. The minimum Gasteiger partial charge on any atom is -0.366 e. The fraction of sp³-hybridized carbons (Fsp3) is 0. The van der Waals surface area contributed by atoms with Crippen LogP contribution in [0.4, 0.5) is 5.69 Å². The van der Waals surface area contributed by atoms with Crippen LogP contribution in [0.5, 0.6) is 0 Å². The molecular weight excluding hydrogens is 380 g/mol. The first-order valence-electron chi connectivity index (χ1n) is 8.86. The third-order valence-corrected chi connectivity index (χ3v) is 5.35. The molecule has 4 aromatic rings. The van der Waals surface area contributed by atoms with Gasteiger partial charge in [-0.25, -0.2) is 4.98 Å². The number of nitrogens with one attached hydrogen (secondary N) is 1. The highest BCUT2D eigenvalue weighted by Gasteiger charge is 2.11. The molecule has 0 radical (unpaired) electrons. The van der Waals surface area contributed by atoms with Gasteiger partial charge in [-0.05, 0) is 35.0 Å². The lowest BCUT2D eigenvalue weighted by Crippen LogP contribution is -2.10. The smallest absolute Gasteiger partial charge is 0.248 e. The molecule has 1 aromatic heterocycles. The maximum absolute atomic E-state index is 11.2. The zero-order valence-electron chi connectivity index (χ0n) is 15.3. The fourth-order valence-electron chi connectivity index (χ4n) is 3.00. The largest absolute Gasteiger partial charge is 0.366 e. The SMILES string of the molecule is N#CC(=CNc1ccc(C(N)=O)cc1)c1nc(-c2cccc3ccccc23)cs1. The highest BCUT2D eigenvalue weighted by molar-refractivity contribution is 7.11. The summed E-state index contributed by atoms with van der Waals surface area (Å²) in [5, 5.41) is 17.5. The first kappa shape index (κ1) is 18.4. The standard InChI is InChI=1S/C23H16N4OS/c24-12-17(13-26-18-10-8-16(9-11-18)22(25)28)23-27-21(14-29-23)20-7-3-5-15-4-1-2-6-19(15)20/h1-11,13-14,26H,(H2,25,28). The number of aromatic nitrogens is 1. The molecule has 0 spiro atoms. The van der Waals surface area contributed by atoms with Crippen molar-refractivity contribution in [1.82, 2.24) is 4.98 Å². The number of hydrogen-bond donors (Lipinski definition) is 2. The van der Waals surface area contributed by atoms with E-state index >= 15 is 0 Å². The van der Waals surface area contributed by atoms with Gasteiger partial charge in [0, 0.05) is 28.4 Å². The topological polar surface area (TPSA) is 91.8 Å². The molecule has 5 nitrogen and oxygen atoms in total. The molecule has 0 saturated carbocycles. The maximum Gasteiger partial charge on any atom is 0.248 e. The average Bonchev–Trinajstić information content (AvgIpc) is 3.24. The lowest BCUT2D eigenvalue weighted by atomic mass is 10.0. The second kappa shape index (κ2) is 7.97. The van der Waals surface area contributed by atoms with Crippen molar-refractivity contribution >= 4 is 39.3 Å². The summed E-state index contributed by atoms with van der Waals surface area (Å²) in [4.78, 5) is 15.8. The van der Waals surface area contributed by atoms with E-state index in [1.807, 2.05) is 29.6 Å². The van der Waals surface area contributed by atoms with Gasteiger partial charge in [0.1, 0.15) is 16.6 Å². The lowest BCUT2D eigenvalue weighted by Gasteiger charge is -2.04. The molecule has 0 aliphatic carbocycles. The first-order valence-corrected chi connectivity index (χ1v) is 9.74. The Morgan fingerprint density at radius 3 is 2.59 bits per heavy atom. The van der Waals surface area contributed by atoms with Crippen LogP contribution in [0.25, 0.3) is 27.6 Å². The number of carbonyl (C=O) groups excluding carboxylic acids is 1. The molecule has 1 amide bonds. The number of allylic oxidation sites excluding steroid dienone is 1. The number of nitriles is 1. The van der Waals surface area contributed by atoms with Crippen molar-refractivity contribution in [3.8, 4) is 17.3 Å². The van der Waals surface area contributed by atoms with Gasteiger partial charge < -0.3 is 11.1 Å². The number of nitrogens with two attached hydrogens (primary N) is 1. The van der Waals surface area contributed by atoms with Gasteiger partial charge >= 0.3 is 0 Å². The molecule has 4 rings (SSSR count). The van der Waals surface area contributed by atoms with Crippen LogP contribution in [0.15, 0.2) is 78.3 Å². The Morgan fingerprint density at radius 1 is 1.07 bits per heavy atom. The van der Waals surface area contributed by atoms with E-state index in [0.29, 0.717) is 16.1 Å². The minimum atomic E-state index is -0.478. The molecule has 0 bridgehead atoms. The second-order valence-electron chi connectivity index (χ2n) is 6.32. The molecule has 3 aromatic carbocycles. The van der Waals surface area contributed by atoms with E-state index in [2.05, 4.69) is 34.6 Å². The van der Waals surface area contributed by atoms with Crippen molar-refractivity contribution in [3.05, 3.63) is 88.9 Å². The van der Waals surface area contributed by atoms with E-state index in [1.54, 1.807) is 30.5 Å². The van der Waals surface area contributed by atoms with Crippen LogP contribution < -0.4 is 11.1 Å². The summed E-state index contributed by atoms with van der Waals surface area (Å²) in [6.07, 6.45) is 1.62. The number of nitrogens with zero attached hydrogens (tertiary/aromatic N) is 2. The quantitative estimate of drug-likeness (QED) is 0.462. The van der Waals surface area contributed by atoms with Crippen molar-refractivity contribution in [2.24, 2.45) is 5.73 Å². The van der Waals surface area contributed by atoms with Crippen LogP contribution in [0.1, 0.15) is 15.4 Å². The number of carbonyl (C=O) groups is 1. The molecule has 6 heteroatoms. The normalized spacial score (nSPS) is 11.2. The first-order chi connectivity index (χ1) is 14.2. The Hall–Kier alpha value is -3.95. The molecule has 140 valence electrons. The summed E-state index contributed by atoms with van der Waals surface area (Å²) in [7, 11) is 0. The monoisotopic (exact) mass is 396 g/mol. The highest BCUT2D eigenvalue weighted by Crippen LogP contribution is 2.31. The Kier molecular flexibility index (Phi) is 5.06. The van der Waals surface area contributed by atoms with E-state index in [1.165, 1.54) is 11.3 Å². The molecule has 0 aliphatic heterocycles. The number of primary amides is 1. The van der Waals surface area contributed by atoms with Crippen molar-refractivity contribution in [2.75, 3.05) is 5.32 Å². The fourth-order valence-corrected chi connectivity index (χ4v) is 3.78. The molecule has 29 heavy (non-hydrogen) atoms. The predicted octanol–water partition coefficient (Wildman–Crippen LogP) is 5.04. The van der Waals surface area contributed by atoms with Crippen molar-refractivity contribution in [2.45, 2.75) is 0 Å². The van der Waals surface area contributed by atoms with Gasteiger partial charge in [0.15, 0.2) is 0 Å². The number of benzene rings is 3. The summed E-state index contributed by atoms with van der Waals surface area (Å²) in [5.74, 6) is -0.478. The van der Waals surface area contributed by atoms with Gasteiger partial charge in [0.05, 0.1) is 5.69 Å². The van der Waals surface area contributed by atoms with E-state index in [9.17, 15) is 10.1 Å². The van der Waals surface area contributed by atoms with Gasteiger partial charge in [-0.3, -0.25) is 4.79 Å². The van der Waals surface area contributed by atoms with Crippen LogP contribution in [-0.2, 0) is 0 Å². The van der Waals surface area contributed by atoms with Crippen LogP contribution in [0.3, 0.4) is 0 Å². The number of thiazole rings is 1. The third kappa shape index (κ3) is 3.86. The molecule has 1 heterocycles. The molecule has 0 unspecified atom stereocenters. The van der Waals surface area contributed by atoms with Crippen LogP contribution >= 0.6 is 11.3 Å².